The second kappa shape index (κ2) is 6.32. The van der Waals surface area contributed by atoms with E-state index in [1.54, 1.807) is 31.4 Å². The molecule has 0 bridgehead atoms. The van der Waals surface area contributed by atoms with Crippen molar-refractivity contribution in [3.63, 3.8) is 0 Å². The lowest BCUT2D eigenvalue weighted by atomic mass is 10.2. The van der Waals surface area contributed by atoms with Gasteiger partial charge in [0.2, 0.25) is 0 Å². The lowest BCUT2D eigenvalue weighted by Crippen LogP contribution is -2.14. The number of carbonyl (C=O) groups excluding carboxylic acids is 1. The van der Waals surface area contributed by atoms with E-state index in [4.69, 9.17) is 26.8 Å². The Kier molecular flexibility index (Phi) is 4.49. The molecule has 2 rings (SSSR count). The van der Waals surface area contributed by atoms with E-state index in [9.17, 15) is 4.79 Å². The van der Waals surface area contributed by atoms with Crippen LogP contribution in [-0.4, -0.2) is 25.1 Å². The van der Waals surface area contributed by atoms with E-state index in [1.165, 1.54) is 13.3 Å². The fraction of sp³-hybridized carbons (Fsp3) is 0.143. The predicted molar refractivity (Wildman–Crippen MR) is 80.6 cm³/mol. The highest BCUT2D eigenvalue weighted by molar-refractivity contribution is 6.33. The zero-order chi connectivity index (χ0) is 15.4. The molecule has 0 spiro atoms. The third-order valence-corrected chi connectivity index (χ3v) is 3.12. The molecule has 3 N–H and O–H groups in total. The van der Waals surface area contributed by atoms with Crippen molar-refractivity contribution in [3.8, 4) is 11.5 Å². The number of ether oxygens (including phenoxy) is 2. The first-order valence-electron chi connectivity index (χ1n) is 6.00. The molecule has 0 fully saturated rings. The quantitative estimate of drug-likeness (QED) is 0.829. The molecule has 1 heterocycles. The monoisotopic (exact) mass is 307 g/mol. The van der Waals surface area contributed by atoms with Crippen molar-refractivity contribution in [1.82, 2.24) is 4.98 Å². The molecule has 0 aliphatic heterocycles. The minimum Gasteiger partial charge on any atom is -0.497 e. The summed E-state index contributed by atoms with van der Waals surface area (Å²) >= 11 is 5.91. The number of primary amides is 1. The van der Waals surface area contributed by atoms with Gasteiger partial charge in [0.05, 0.1) is 31.2 Å². The van der Waals surface area contributed by atoms with Crippen LogP contribution < -0.4 is 20.5 Å². The summed E-state index contributed by atoms with van der Waals surface area (Å²) < 4.78 is 10.4. The first kappa shape index (κ1) is 14.9. The molecule has 110 valence electrons. The van der Waals surface area contributed by atoms with Crippen molar-refractivity contribution in [2.75, 3.05) is 19.5 Å². The van der Waals surface area contributed by atoms with Crippen LogP contribution in [0.4, 0.5) is 11.4 Å². The molecule has 1 aromatic carbocycles. The van der Waals surface area contributed by atoms with Crippen LogP contribution in [0.3, 0.4) is 0 Å². The number of methoxy groups -OCH3 is 2. The number of nitrogens with two attached hydrogens (primary N) is 1. The van der Waals surface area contributed by atoms with Crippen molar-refractivity contribution < 1.29 is 14.3 Å². The summed E-state index contributed by atoms with van der Waals surface area (Å²) in [7, 11) is 3.10. The van der Waals surface area contributed by atoms with E-state index in [1.807, 2.05) is 0 Å². The van der Waals surface area contributed by atoms with Gasteiger partial charge in [-0.15, -0.1) is 0 Å². The number of hydrogen-bond donors (Lipinski definition) is 2. The van der Waals surface area contributed by atoms with Crippen molar-refractivity contribution in [2.45, 2.75) is 0 Å². The van der Waals surface area contributed by atoms with Gasteiger partial charge in [-0.25, -0.2) is 4.98 Å². The smallest absolute Gasteiger partial charge is 0.253 e. The maximum atomic E-state index is 11.5. The third-order valence-electron chi connectivity index (χ3n) is 2.83. The highest BCUT2D eigenvalue weighted by Crippen LogP contribution is 2.33. The summed E-state index contributed by atoms with van der Waals surface area (Å²) in [6.07, 6.45) is 1.48. The molecule has 2 aromatic rings. The lowest BCUT2D eigenvalue weighted by molar-refractivity contribution is 0.100. The summed E-state index contributed by atoms with van der Waals surface area (Å²) in [6.45, 7) is 0. The molecule has 1 aromatic heterocycles. The maximum absolute atomic E-state index is 11.5. The van der Waals surface area contributed by atoms with Crippen LogP contribution in [0.2, 0.25) is 5.15 Å². The van der Waals surface area contributed by atoms with Crippen LogP contribution in [0, 0.1) is 0 Å². The number of benzene rings is 1. The molecule has 7 heteroatoms. The van der Waals surface area contributed by atoms with Gasteiger partial charge in [0.15, 0.2) is 0 Å². The summed E-state index contributed by atoms with van der Waals surface area (Å²) in [5, 5.41) is 3.10. The van der Waals surface area contributed by atoms with Crippen molar-refractivity contribution in [1.29, 1.82) is 0 Å². The molecule has 0 aliphatic rings. The minimum atomic E-state index is -0.664. The summed E-state index contributed by atoms with van der Waals surface area (Å²) in [6, 6.07) is 6.85. The molecule has 0 unspecified atom stereocenters. The van der Waals surface area contributed by atoms with Gasteiger partial charge in [-0.2, -0.15) is 0 Å². The molecule has 0 atom stereocenters. The normalized spacial score (nSPS) is 10.0. The second-order valence-corrected chi connectivity index (χ2v) is 4.44. The average Bonchev–Trinajstić information content (AvgIpc) is 2.47. The Morgan fingerprint density at radius 1 is 1.24 bits per heavy atom. The number of nitrogens with zero attached hydrogens (tertiary/aromatic N) is 1. The second-order valence-electron chi connectivity index (χ2n) is 4.08. The fourth-order valence-corrected chi connectivity index (χ4v) is 2.07. The van der Waals surface area contributed by atoms with Gasteiger partial charge in [-0.1, -0.05) is 11.6 Å². The number of pyridine rings is 1. The van der Waals surface area contributed by atoms with Gasteiger partial charge < -0.3 is 20.5 Å². The van der Waals surface area contributed by atoms with E-state index >= 15 is 0 Å². The van der Waals surface area contributed by atoms with Crippen molar-refractivity contribution >= 4 is 28.9 Å². The van der Waals surface area contributed by atoms with Gasteiger partial charge in [0.25, 0.3) is 5.91 Å². The minimum absolute atomic E-state index is 0.0416. The predicted octanol–water partition coefficient (Wildman–Crippen LogP) is 2.59. The molecule has 0 saturated carbocycles. The number of anilines is 2. The Hall–Kier alpha value is -2.47. The molecule has 0 aliphatic carbocycles. The van der Waals surface area contributed by atoms with Crippen LogP contribution >= 0.6 is 11.6 Å². The molecular weight excluding hydrogens is 294 g/mol. The molecule has 0 radical (unpaired) electrons. The van der Waals surface area contributed by atoms with E-state index in [0.717, 1.165) is 0 Å². The Balaban J connectivity index is 2.43. The van der Waals surface area contributed by atoms with Crippen molar-refractivity contribution in [2.24, 2.45) is 5.73 Å². The zero-order valence-corrected chi connectivity index (χ0v) is 12.3. The molecule has 21 heavy (non-hydrogen) atoms. The Labute approximate surface area is 126 Å². The van der Waals surface area contributed by atoms with Crippen molar-refractivity contribution in [3.05, 3.63) is 41.2 Å². The summed E-state index contributed by atoms with van der Waals surface area (Å²) in [4.78, 5) is 15.3. The molecule has 1 amide bonds. The Morgan fingerprint density at radius 2 is 2.00 bits per heavy atom. The summed E-state index contributed by atoms with van der Waals surface area (Å²) in [5.41, 5.74) is 6.54. The first-order chi connectivity index (χ1) is 10.1. The number of halogens is 1. The lowest BCUT2D eigenvalue weighted by Gasteiger charge is -2.14. The number of carbonyl (C=O) groups is 1. The van der Waals surface area contributed by atoms with Crippen LogP contribution in [0.25, 0.3) is 0 Å². The van der Waals surface area contributed by atoms with Gasteiger partial charge in [-0.3, -0.25) is 4.79 Å². The number of hydrogen-bond acceptors (Lipinski definition) is 5. The van der Waals surface area contributed by atoms with E-state index in [-0.39, 0.29) is 10.7 Å². The van der Waals surface area contributed by atoms with E-state index < -0.39 is 5.91 Å². The standard InChI is InChI=1S/C14H14ClN3O3/c1-20-8-3-4-9(11(7-8)21-2)18-10-5-6-17-13(15)12(10)14(16)19/h3-7H,1-2H3,(H2,16,19)(H,17,18). The van der Waals surface area contributed by atoms with E-state index in [0.29, 0.717) is 22.9 Å². The molecule has 6 nitrogen and oxygen atoms in total. The Morgan fingerprint density at radius 3 is 2.62 bits per heavy atom. The summed E-state index contributed by atoms with van der Waals surface area (Å²) in [5.74, 6) is 0.543. The van der Waals surface area contributed by atoms with Gasteiger partial charge >= 0.3 is 0 Å². The number of rotatable bonds is 5. The fourth-order valence-electron chi connectivity index (χ4n) is 1.82. The maximum Gasteiger partial charge on any atom is 0.253 e. The topological polar surface area (TPSA) is 86.5 Å². The molecular formula is C14H14ClN3O3. The van der Waals surface area contributed by atoms with Gasteiger partial charge in [0, 0.05) is 12.3 Å². The average molecular weight is 308 g/mol. The van der Waals surface area contributed by atoms with Gasteiger partial charge in [0.1, 0.15) is 16.7 Å². The van der Waals surface area contributed by atoms with Crippen LogP contribution in [0.15, 0.2) is 30.5 Å². The van der Waals surface area contributed by atoms with Crippen LogP contribution in [-0.2, 0) is 0 Å². The first-order valence-corrected chi connectivity index (χ1v) is 6.38. The highest BCUT2D eigenvalue weighted by atomic mass is 35.5. The SMILES string of the molecule is COc1ccc(Nc2ccnc(Cl)c2C(N)=O)c(OC)c1. The third kappa shape index (κ3) is 3.17. The van der Waals surface area contributed by atoms with Gasteiger partial charge in [-0.05, 0) is 18.2 Å². The largest absolute Gasteiger partial charge is 0.497 e. The number of aromatic nitrogens is 1. The molecule has 0 saturated heterocycles. The highest BCUT2D eigenvalue weighted by Gasteiger charge is 2.15. The van der Waals surface area contributed by atoms with Crippen LogP contribution in [0.5, 0.6) is 11.5 Å². The van der Waals surface area contributed by atoms with Crippen LogP contribution in [0.1, 0.15) is 10.4 Å². The number of amides is 1. The number of nitrogens with one attached hydrogen (secondary N) is 1. The zero-order valence-electron chi connectivity index (χ0n) is 11.5. The van der Waals surface area contributed by atoms with E-state index in [2.05, 4.69) is 10.3 Å². The Bertz CT molecular complexity index is 677.